The molecule has 10 heteroatoms. The van der Waals surface area contributed by atoms with Crippen LogP contribution in [0.15, 0.2) is 58.8 Å². The van der Waals surface area contributed by atoms with E-state index in [-0.39, 0.29) is 12.2 Å². The van der Waals surface area contributed by atoms with Crippen molar-refractivity contribution in [1.82, 2.24) is 16.1 Å². The summed E-state index contributed by atoms with van der Waals surface area (Å²) in [6, 6.07) is 11.7. The lowest BCUT2D eigenvalue weighted by molar-refractivity contribution is -0.136. The van der Waals surface area contributed by atoms with Crippen LogP contribution in [0.25, 0.3) is 0 Å². The summed E-state index contributed by atoms with van der Waals surface area (Å²) in [5.41, 5.74) is 5.93. The Morgan fingerprint density at radius 1 is 1.20 bits per heavy atom. The quantitative estimate of drug-likeness (QED) is 0.177. The summed E-state index contributed by atoms with van der Waals surface area (Å²) in [6.07, 6.45) is 0.545. The molecule has 10 nitrogen and oxygen atoms in total. The lowest BCUT2D eigenvalue weighted by atomic mass is 9.95. The topological polar surface area (TPSA) is 131 Å². The SMILES string of the molecule is CCOc1cc([C@H]2NC(=O)NC(C)=C2C(=O)OC)ccc1OC[C@@H](O)N/N=C\c1cccc(C)c1. The summed E-state index contributed by atoms with van der Waals surface area (Å²) in [5, 5.41) is 19.6. The summed E-state index contributed by atoms with van der Waals surface area (Å²) in [4.78, 5) is 24.4. The molecule has 0 unspecified atom stereocenters. The summed E-state index contributed by atoms with van der Waals surface area (Å²) >= 11 is 0. The number of amides is 2. The Bertz CT molecular complexity index is 1130. The first-order chi connectivity index (χ1) is 16.8. The molecule has 0 saturated carbocycles. The minimum atomic E-state index is -1.06. The zero-order valence-electron chi connectivity index (χ0n) is 20.1. The van der Waals surface area contributed by atoms with E-state index in [0.29, 0.717) is 29.4 Å². The highest BCUT2D eigenvalue weighted by molar-refractivity contribution is 5.95. The maximum atomic E-state index is 12.3. The van der Waals surface area contributed by atoms with E-state index in [0.717, 1.165) is 11.1 Å². The Kier molecular flexibility index (Phi) is 8.69. The van der Waals surface area contributed by atoms with E-state index in [9.17, 15) is 14.7 Å². The van der Waals surface area contributed by atoms with E-state index in [1.807, 2.05) is 38.1 Å². The van der Waals surface area contributed by atoms with Gasteiger partial charge in [-0.3, -0.25) is 5.43 Å². The number of aryl methyl sites for hydroxylation is 1. The van der Waals surface area contributed by atoms with Crippen LogP contribution in [-0.2, 0) is 9.53 Å². The fourth-order valence-electron chi connectivity index (χ4n) is 3.57. The van der Waals surface area contributed by atoms with Crippen LogP contribution in [0.3, 0.4) is 0 Å². The molecule has 0 radical (unpaired) electrons. The van der Waals surface area contributed by atoms with Gasteiger partial charge in [-0.05, 0) is 44.0 Å². The Morgan fingerprint density at radius 3 is 2.71 bits per heavy atom. The van der Waals surface area contributed by atoms with Crippen LogP contribution >= 0.6 is 0 Å². The largest absolute Gasteiger partial charge is 0.490 e. The van der Waals surface area contributed by atoms with Gasteiger partial charge in [0, 0.05) is 5.70 Å². The summed E-state index contributed by atoms with van der Waals surface area (Å²) in [7, 11) is 1.28. The summed E-state index contributed by atoms with van der Waals surface area (Å²) in [5.74, 6) is 0.230. The smallest absolute Gasteiger partial charge is 0.337 e. The molecule has 1 heterocycles. The number of benzene rings is 2. The maximum absolute atomic E-state index is 12.3. The second kappa shape index (κ2) is 11.9. The third kappa shape index (κ3) is 6.73. The van der Waals surface area contributed by atoms with Crippen molar-refractivity contribution < 1.29 is 28.9 Å². The number of aliphatic hydroxyl groups is 1. The first-order valence-electron chi connectivity index (χ1n) is 11.1. The highest BCUT2D eigenvalue weighted by Gasteiger charge is 2.32. The Hall–Kier alpha value is -4.05. The van der Waals surface area contributed by atoms with Gasteiger partial charge in [-0.25, -0.2) is 9.59 Å². The summed E-state index contributed by atoms with van der Waals surface area (Å²) < 4.78 is 16.3. The molecule has 4 N–H and O–H groups in total. The van der Waals surface area contributed by atoms with E-state index in [1.54, 1.807) is 31.3 Å². The molecule has 0 aliphatic carbocycles. The van der Waals surface area contributed by atoms with Gasteiger partial charge in [-0.15, -0.1) is 0 Å². The number of allylic oxidation sites excluding steroid dienone is 1. The number of urea groups is 1. The van der Waals surface area contributed by atoms with Crippen molar-refractivity contribution in [2.45, 2.75) is 33.0 Å². The van der Waals surface area contributed by atoms with E-state index in [4.69, 9.17) is 14.2 Å². The van der Waals surface area contributed by atoms with Gasteiger partial charge < -0.3 is 30.0 Å². The van der Waals surface area contributed by atoms with Crippen molar-refractivity contribution in [3.63, 3.8) is 0 Å². The van der Waals surface area contributed by atoms with Crippen molar-refractivity contribution in [3.05, 3.63) is 70.4 Å². The minimum absolute atomic E-state index is 0.0961. The van der Waals surface area contributed by atoms with Crippen LogP contribution in [0.1, 0.15) is 36.6 Å². The molecule has 2 aromatic carbocycles. The fraction of sp³-hybridized carbons (Fsp3) is 0.320. The van der Waals surface area contributed by atoms with Gasteiger partial charge in [0.15, 0.2) is 17.7 Å². The predicted octanol–water partition coefficient (Wildman–Crippen LogP) is 2.52. The molecule has 3 rings (SSSR count). The lowest BCUT2D eigenvalue weighted by Crippen LogP contribution is -2.45. The maximum Gasteiger partial charge on any atom is 0.337 e. The van der Waals surface area contributed by atoms with E-state index >= 15 is 0 Å². The zero-order chi connectivity index (χ0) is 25.4. The number of hydrogen-bond donors (Lipinski definition) is 4. The molecule has 1 aliphatic rings. The van der Waals surface area contributed by atoms with Crippen molar-refractivity contribution in [2.75, 3.05) is 20.3 Å². The molecule has 2 aromatic rings. The highest BCUT2D eigenvalue weighted by atomic mass is 16.5. The number of ether oxygens (including phenoxy) is 3. The van der Waals surface area contributed by atoms with Crippen molar-refractivity contribution in [2.24, 2.45) is 5.10 Å². The van der Waals surface area contributed by atoms with Gasteiger partial charge in [0.2, 0.25) is 0 Å². The average Bonchev–Trinajstić information content (AvgIpc) is 2.82. The number of methoxy groups -OCH3 is 1. The molecule has 0 bridgehead atoms. The van der Waals surface area contributed by atoms with Crippen LogP contribution in [-0.4, -0.2) is 49.9 Å². The molecule has 35 heavy (non-hydrogen) atoms. The fourth-order valence-corrected chi connectivity index (χ4v) is 3.57. The first-order valence-corrected chi connectivity index (χ1v) is 11.1. The number of carbonyl (C=O) groups excluding carboxylic acids is 2. The minimum Gasteiger partial charge on any atom is -0.490 e. The number of nitrogens with zero attached hydrogens (tertiary/aromatic N) is 1. The van der Waals surface area contributed by atoms with Gasteiger partial charge in [0.1, 0.15) is 6.61 Å². The Balaban J connectivity index is 1.71. The molecule has 1 aliphatic heterocycles. The molecule has 0 spiro atoms. The molecule has 186 valence electrons. The zero-order valence-corrected chi connectivity index (χ0v) is 20.1. The number of esters is 1. The Morgan fingerprint density at radius 2 is 2.00 bits per heavy atom. The number of aliphatic hydroxyl groups excluding tert-OH is 1. The second-order valence-corrected chi connectivity index (χ2v) is 7.83. The molecular weight excluding hydrogens is 452 g/mol. The Labute approximate surface area is 204 Å². The number of rotatable bonds is 10. The van der Waals surface area contributed by atoms with E-state index in [2.05, 4.69) is 21.2 Å². The molecular formula is C25H30N4O6. The van der Waals surface area contributed by atoms with Crippen LogP contribution in [0.2, 0.25) is 0 Å². The number of nitrogens with one attached hydrogen (secondary N) is 3. The van der Waals surface area contributed by atoms with Crippen LogP contribution in [0, 0.1) is 6.92 Å². The average molecular weight is 483 g/mol. The number of hydrazone groups is 1. The molecule has 2 amide bonds. The molecule has 0 fully saturated rings. The standard InChI is InChI=1S/C25H30N4O6/c1-5-34-20-12-18(23-22(24(31)33-4)16(3)27-25(32)28-23)9-10-19(20)35-14-21(30)29-26-13-17-8-6-7-15(2)11-17/h6-13,21,23,29-30H,5,14H2,1-4H3,(H2,27,28,32)/b26-13-/t21-,23-/m1/s1. The molecule has 2 atom stereocenters. The molecule has 0 saturated heterocycles. The normalized spacial score (nSPS) is 16.4. The van der Waals surface area contributed by atoms with Gasteiger partial charge in [-0.2, -0.15) is 5.10 Å². The van der Waals surface area contributed by atoms with Crippen LogP contribution < -0.4 is 25.5 Å². The number of hydrogen-bond acceptors (Lipinski definition) is 8. The third-order valence-electron chi connectivity index (χ3n) is 5.15. The van der Waals surface area contributed by atoms with Crippen LogP contribution in [0.5, 0.6) is 11.5 Å². The first kappa shape index (κ1) is 25.6. The highest BCUT2D eigenvalue weighted by Crippen LogP contribution is 2.34. The van der Waals surface area contributed by atoms with E-state index < -0.39 is 24.3 Å². The van der Waals surface area contributed by atoms with Gasteiger partial charge in [0.25, 0.3) is 0 Å². The summed E-state index contributed by atoms with van der Waals surface area (Å²) in [6.45, 7) is 5.71. The third-order valence-corrected chi connectivity index (χ3v) is 5.15. The van der Waals surface area contributed by atoms with E-state index in [1.165, 1.54) is 7.11 Å². The lowest BCUT2D eigenvalue weighted by Gasteiger charge is -2.28. The number of carbonyl (C=O) groups is 2. The monoisotopic (exact) mass is 482 g/mol. The van der Waals surface area contributed by atoms with Gasteiger partial charge in [-0.1, -0.05) is 35.9 Å². The van der Waals surface area contributed by atoms with Gasteiger partial charge >= 0.3 is 12.0 Å². The molecule has 0 aromatic heterocycles. The predicted molar refractivity (Wildman–Crippen MR) is 130 cm³/mol. The van der Waals surface area contributed by atoms with Crippen LogP contribution in [0.4, 0.5) is 4.79 Å². The van der Waals surface area contributed by atoms with Gasteiger partial charge in [0.05, 0.1) is 31.5 Å². The van der Waals surface area contributed by atoms with Crippen molar-refractivity contribution in [3.8, 4) is 11.5 Å². The second-order valence-electron chi connectivity index (χ2n) is 7.83. The van der Waals surface area contributed by atoms with Crippen molar-refractivity contribution >= 4 is 18.2 Å². The van der Waals surface area contributed by atoms with Crippen molar-refractivity contribution in [1.29, 1.82) is 0 Å².